The third-order valence-electron chi connectivity index (χ3n) is 3.44. The number of hydrogen-bond donors (Lipinski definition) is 2. The highest BCUT2D eigenvalue weighted by molar-refractivity contribution is 6.05. The van der Waals surface area contributed by atoms with Crippen molar-refractivity contribution >= 4 is 22.5 Å². The molecule has 0 bridgehead atoms. The number of H-pyrrole nitrogens is 1. The van der Waals surface area contributed by atoms with Crippen LogP contribution in [0.4, 0.5) is 5.69 Å². The van der Waals surface area contributed by atoms with E-state index in [1.807, 2.05) is 42.6 Å². The molecule has 0 saturated heterocycles. The standard InChI is InChI=1S/C17H17N3O/c1-2-4-16-14(8-10-19-16)17(21)20-13-6-7-15-12(11-13)5-3-9-18-15/h3,5-11,19H,2,4H2,1H3,(H,20,21). The number of rotatable bonds is 4. The van der Waals surface area contributed by atoms with Crippen LogP contribution in [0.3, 0.4) is 0 Å². The van der Waals surface area contributed by atoms with Gasteiger partial charge in [0.1, 0.15) is 0 Å². The zero-order valence-electron chi connectivity index (χ0n) is 11.9. The minimum Gasteiger partial charge on any atom is -0.364 e. The first-order chi connectivity index (χ1) is 10.3. The molecule has 0 aliphatic rings. The number of anilines is 1. The van der Waals surface area contributed by atoms with Crippen molar-refractivity contribution in [1.82, 2.24) is 9.97 Å². The van der Waals surface area contributed by atoms with Crippen LogP contribution in [0.15, 0.2) is 48.8 Å². The topological polar surface area (TPSA) is 57.8 Å². The third kappa shape index (κ3) is 2.79. The maximum atomic E-state index is 12.4. The van der Waals surface area contributed by atoms with Gasteiger partial charge in [-0.05, 0) is 36.8 Å². The van der Waals surface area contributed by atoms with Crippen LogP contribution in [-0.2, 0) is 6.42 Å². The summed E-state index contributed by atoms with van der Waals surface area (Å²) in [4.78, 5) is 19.8. The third-order valence-corrected chi connectivity index (χ3v) is 3.44. The van der Waals surface area contributed by atoms with E-state index < -0.39 is 0 Å². The number of amides is 1. The summed E-state index contributed by atoms with van der Waals surface area (Å²) in [6, 6.07) is 11.4. The number of benzene rings is 1. The maximum absolute atomic E-state index is 12.4. The molecule has 0 saturated carbocycles. The molecule has 0 unspecified atom stereocenters. The summed E-state index contributed by atoms with van der Waals surface area (Å²) in [6.07, 6.45) is 5.45. The van der Waals surface area contributed by atoms with E-state index in [1.165, 1.54) is 0 Å². The van der Waals surface area contributed by atoms with Crippen LogP contribution in [0.1, 0.15) is 29.4 Å². The lowest BCUT2D eigenvalue weighted by Crippen LogP contribution is -2.13. The molecule has 0 radical (unpaired) electrons. The first-order valence-electron chi connectivity index (χ1n) is 7.10. The molecule has 0 atom stereocenters. The van der Waals surface area contributed by atoms with Gasteiger partial charge in [-0.2, -0.15) is 0 Å². The second kappa shape index (κ2) is 5.79. The Kier molecular flexibility index (Phi) is 3.69. The van der Waals surface area contributed by atoms with Crippen molar-refractivity contribution in [3.8, 4) is 0 Å². The minimum absolute atomic E-state index is 0.0806. The van der Waals surface area contributed by atoms with Gasteiger partial charge in [0.2, 0.25) is 0 Å². The molecule has 4 heteroatoms. The predicted octanol–water partition coefficient (Wildman–Crippen LogP) is 3.77. The smallest absolute Gasteiger partial charge is 0.257 e. The molecule has 0 fully saturated rings. The van der Waals surface area contributed by atoms with Crippen LogP contribution < -0.4 is 5.32 Å². The molecule has 0 aliphatic heterocycles. The van der Waals surface area contributed by atoms with Crippen molar-refractivity contribution in [1.29, 1.82) is 0 Å². The highest BCUT2D eigenvalue weighted by Crippen LogP contribution is 2.18. The Labute approximate surface area is 123 Å². The normalized spacial score (nSPS) is 10.7. The summed E-state index contributed by atoms with van der Waals surface area (Å²) in [5, 5.41) is 3.96. The first kappa shape index (κ1) is 13.4. The number of aryl methyl sites for hydroxylation is 1. The quantitative estimate of drug-likeness (QED) is 0.763. The van der Waals surface area contributed by atoms with E-state index in [1.54, 1.807) is 6.20 Å². The van der Waals surface area contributed by atoms with Crippen molar-refractivity contribution in [2.45, 2.75) is 19.8 Å². The lowest BCUT2D eigenvalue weighted by atomic mass is 10.1. The fourth-order valence-corrected chi connectivity index (χ4v) is 2.43. The number of nitrogens with zero attached hydrogens (tertiary/aromatic N) is 1. The number of nitrogens with one attached hydrogen (secondary N) is 2. The van der Waals surface area contributed by atoms with Gasteiger partial charge >= 0.3 is 0 Å². The van der Waals surface area contributed by atoms with Gasteiger partial charge in [-0.3, -0.25) is 9.78 Å². The van der Waals surface area contributed by atoms with Crippen LogP contribution in [0.5, 0.6) is 0 Å². The Bertz CT molecular complexity index is 776. The summed E-state index contributed by atoms with van der Waals surface area (Å²) in [6.45, 7) is 2.10. The highest BCUT2D eigenvalue weighted by Gasteiger charge is 2.12. The van der Waals surface area contributed by atoms with Gasteiger partial charge in [0.15, 0.2) is 0 Å². The molecule has 0 spiro atoms. The van der Waals surface area contributed by atoms with Gasteiger partial charge in [-0.1, -0.05) is 19.4 Å². The van der Waals surface area contributed by atoms with Crippen molar-refractivity contribution in [3.05, 3.63) is 60.0 Å². The lowest BCUT2D eigenvalue weighted by molar-refractivity contribution is 0.102. The van der Waals surface area contributed by atoms with Gasteiger partial charge in [0.05, 0.1) is 11.1 Å². The molecule has 2 N–H and O–H groups in total. The minimum atomic E-state index is -0.0806. The molecule has 4 nitrogen and oxygen atoms in total. The predicted molar refractivity (Wildman–Crippen MR) is 84.5 cm³/mol. The van der Waals surface area contributed by atoms with E-state index in [-0.39, 0.29) is 5.91 Å². The fourth-order valence-electron chi connectivity index (χ4n) is 2.43. The molecule has 1 amide bonds. The number of aromatic nitrogens is 2. The number of pyridine rings is 1. The molecule has 2 heterocycles. The Morgan fingerprint density at radius 3 is 3.05 bits per heavy atom. The van der Waals surface area contributed by atoms with Crippen molar-refractivity contribution in [2.24, 2.45) is 0 Å². The van der Waals surface area contributed by atoms with Gasteiger partial charge in [0, 0.05) is 29.2 Å². The van der Waals surface area contributed by atoms with Crippen LogP contribution in [0.25, 0.3) is 10.9 Å². The molecule has 106 valence electrons. The number of hydrogen-bond acceptors (Lipinski definition) is 2. The van der Waals surface area contributed by atoms with Gasteiger partial charge < -0.3 is 10.3 Å². The van der Waals surface area contributed by atoms with Crippen LogP contribution >= 0.6 is 0 Å². The molecule has 21 heavy (non-hydrogen) atoms. The van der Waals surface area contributed by atoms with E-state index in [4.69, 9.17) is 0 Å². The van der Waals surface area contributed by atoms with Crippen molar-refractivity contribution in [2.75, 3.05) is 5.32 Å². The zero-order valence-corrected chi connectivity index (χ0v) is 11.9. The van der Waals surface area contributed by atoms with Gasteiger partial charge in [-0.15, -0.1) is 0 Å². The molecule has 1 aromatic carbocycles. The van der Waals surface area contributed by atoms with Crippen molar-refractivity contribution < 1.29 is 4.79 Å². The monoisotopic (exact) mass is 279 g/mol. The highest BCUT2D eigenvalue weighted by atomic mass is 16.1. The number of fused-ring (bicyclic) bond motifs is 1. The fraction of sp³-hybridized carbons (Fsp3) is 0.176. The average Bonchev–Trinajstić information content (AvgIpc) is 2.96. The molecule has 2 aromatic heterocycles. The summed E-state index contributed by atoms with van der Waals surface area (Å²) in [5.74, 6) is -0.0806. The van der Waals surface area contributed by atoms with Crippen LogP contribution in [-0.4, -0.2) is 15.9 Å². The molecular formula is C17H17N3O. The van der Waals surface area contributed by atoms with E-state index >= 15 is 0 Å². The molecule has 0 aliphatic carbocycles. The second-order valence-electron chi connectivity index (χ2n) is 4.98. The number of carbonyl (C=O) groups excluding carboxylic acids is 1. The zero-order chi connectivity index (χ0) is 14.7. The Balaban J connectivity index is 1.84. The Morgan fingerprint density at radius 2 is 2.19 bits per heavy atom. The van der Waals surface area contributed by atoms with E-state index in [9.17, 15) is 4.79 Å². The molecular weight excluding hydrogens is 262 g/mol. The molecule has 3 rings (SSSR count). The largest absolute Gasteiger partial charge is 0.364 e. The Hall–Kier alpha value is -2.62. The average molecular weight is 279 g/mol. The van der Waals surface area contributed by atoms with Crippen LogP contribution in [0, 0.1) is 0 Å². The second-order valence-corrected chi connectivity index (χ2v) is 4.98. The maximum Gasteiger partial charge on any atom is 0.257 e. The van der Waals surface area contributed by atoms with Crippen LogP contribution in [0.2, 0.25) is 0 Å². The molecule has 3 aromatic rings. The number of aromatic amines is 1. The van der Waals surface area contributed by atoms with Gasteiger partial charge in [-0.25, -0.2) is 0 Å². The summed E-state index contributed by atoms with van der Waals surface area (Å²) in [7, 11) is 0. The SMILES string of the molecule is CCCc1[nH]ccc1C(=O)Nc1ccc2ncccc2c1. The van der Waals surface area contributed by atoms with E-state index in [2.05, 4.69) is 22.2 Å². The lowest BCUT2D eigenvalue weighted by Gasteiger charge is -2.07. The summed E-state index contributed by atoms with van der Waals surface area (Å²) < 4.78 is 0. The summed E-state index contributed by atoms with van der Waals surface area (Å²) >= 11 is 0. The number of carbonyl (C=O) groups is 1. The van der Waals surface area contributed by atoms with Gasteiger partial charge in [0.25, 0.3) is 5.91 Å². The summed E-state index contributed by atoms with van der Waals surface area (Å²) in [5.41, 5.74) is 3.40. The Morgan fingerprint density at radius 1 is 1.29 bits per heavy atom. The first-order valence-corrected chi connectivity index (χ1v) is 7.10. The van der Waals surface area contributed by atoms with E-state index in [0.29, 0.717) is 5.56 Å². The van der Waals surface area contributed by atoms with Crippen molar-refractivity contribution in [3.63, 3.8) is 0 Å². The van der Waals surface area contributed by atoms with E-state index in [0.717, 1.165) is 35.1 Å².